The molecule has 0 radical (unpaired) electrons. The zero-order valence-corrected chi connectivity index (χ0v) is 51.6. The summed E-state index contributed by atoms with van der Waals surface area (Å²) in [6.07, 6.45) is 15.1. The van der Waals surface area contributed by atoms with E-state index < -0.39 is 25.7 Å². The molecule has 0 spiro atoms. The first-order valence-corrected chi connectivity index (χ1v) is 32.8. The van der Waals surface area contributed by atoms with Crippen LogP contribution in [-0.4, -0.2) is 141 Å². The summed E-state index contributed by atoms with van der Waals surface area (Å²) in [6, 6.07) is 15.2. The Balaban J connectivity index is 0.868. The Bertz CT molecular complexity index is 3110. The molecule has 0 amide bonds. The number of unbranched alkanes of at least 4 members (excludes halogenated alkanes) is 1. The Morgan fingerprint density at radius 3 is 1.54 bits per heavy atom. The van der Waals surface area contributed by atoms with Gasteiger partial charge in [-0.2, -0.15) is 18.6 Å². The number of aryl methyl sites for hydroxylation is 4. The van der Waals surface area contributed by atoms with Crippen LogP contribution >= 0.6 is 11.3 Å². The molecule has 18 nitrogen and oxygen atoms in total. The molecule has 3 aromatic heterocycles. The molecule has 0 bridgehead atoms. The SMILES string of the molecule is CCCCC1(CN(C(C)(C)N)C2(c3cccs3)CCN(c3ccnc(OCC4CCCCN4S(=O)(=O)c4c(C)cc(OC)cc4C)n3)CC2)CCN(c2ccnc(OCC3CCCCN3S(=O)(=O)c3c(C)cc(OC)cc3C)n2)CC1. The second-order valence-corrected chi connectivity index (χ2v) is 28.2. The molecule has 21 heteroatoms. The second kappa shape index (κ2) is 25.4. The summed E-state index contributed by atoms with van der Waals surface area (Å²) in [5, 5.41) is 2.18. The molecule has 4 aliphatic rings. The number of hydrogen-bond donors (Lipinski definition) is 1. The summed E-state index contributed by atoms with van der Waals surface area (Å²) in [7, 11) is -4.45. The summed E-state index contributed by atoms with van der Waals surface area (Å²) in [5.74, 6) is 2.85. The lowest BCUT2D eigenvalue weighted by molar-refractivity contribution is -0.0597. The third-order valence-electron chi connectivity index (χ3n) is 17.5. The predicted molar refractivity (Wildman–Crippen MR) is 319 cm³/mol. The Labute approximate surface area is 485 Å². The number of nitrogens with two attached hydrogens (primary N) is 1. The molecule has 4 fully saturated rings. The standard InChI is InChI=1S/C60H86N10O8S3/c1-10-11-22-59(23-31-66(32-24-59)52-20-27-62-56(64-52)77-40-47-17-12-14-29-68(47)80(71,72)54-43(2)36-49(75-8)37-44(54)3)42-70(58(6,7)61)60(51-19-16-35-79-51)25-33-67(34-26-60)53-21-28-63-57(65-53)78-41-48-18-13-15-30-69(48)81(73,74)55-45(4)38-50(76-9)39-46(55)5/h16,19-21,27-28,35-39,47-48H,10-15,17-18,22-26,29-34,40-42,61H2,1-9H3. The minimum atomic E-state index is -3.82. The largest absolute Gasteiger partial charge is 0.497 e. The van der Waals surface area contributed by atoms with E-state index in [1.807, 2.05) is 39.8 Å². The number of sulfonamides is 2. The maximum absolute atomic E-state index is 14.3. The van der Waals surface area contributed by atoms with Gasteiger partial charge in [0.2, 0.25) is 20.0 Å². The average Bonchev–Trinajstić information content (AvgIpc) is 4.18. The highest BCUT2D eigenvalue weighted by Gasteiger charge is 2.50. The average molecular weight is 1170 g/mol. The van der Waals surface area contributed by atoms with Crippen molar-refractivity contribution in [2.75, 3.05) is 83.0 Å². The molecule has 4 saturated heterocycles. The lowest BCUT2D eigenvalue weighted by Gasteiger charge is -2.57. The Morgan fingerprint density at radius 1 is 0.679 bits per heavy atom. The number of rotatable bonds is 22. The molecule has 9 rings (SSSR count). The van der Waals surface area contributed by atoms with Gasteiger partial charge in [-0.25, -0.2) is 26.8 Å². The van der Waals surface area contributed by atoms with Crippen LogP contribution in [-0.2, 0) is 25.6 Å². The van der Waals surface area contributed by atoms with E-state index in [4.69, 9.17) is 34.6 Å². The molecule has 81 heavy (non-hydrogen) atoms. The number of benzene rings is 2. The van der Waals surface area contributed by atoms with Crippen molar-refractivity contribution < 1.29 is 35.8 Å². The molecule has 442 valence electrons. The van der Waals surface area contributed by atoms with Gasteiger partial charge in [0.25, 0.3) is 0 Å². The third kappa shape index (κ3) is 13.1. The molecule has 7 heterocycles. The Morgan fingerprint density at radius 2 is 1.14 bits per heavy atom. The van der Waals surface area contributed by atoms with Crippen molar-refractivity contribution in [3.63, 3.8) is 0 Å². The highest BCUT2D eigenvalue weighted by molar-refractivity contribution is 7.89. The predicted octanol–water partition coefficient (Wildman–Crippen LogP) is 9.79. The van der Waals surface area contributed by atoms with E-state index in [-0.39, 0.29) is 48.3 Å². The van der Waals surface area contributed by atoms with E-state index in [0.717, 1.165) is 115 Å². The minimum Gasteiger partial charge on any atom is -0.497 e. The van der Waals surface area contributed by atoms with E-state index >= 15 is 0 Å². The van der Waals surface area contributed by atoms with Crippen LogP contribution in [0.2, 0.25) is 0 Å². The van der Waals surface area contributed by atoms with Crippen molar-refractivity contribution in [3.05, 3.63) is 93.4 Å². The van der Waals surface area contributed by atoms with E-state index in [0.29, 0.717) is 69.5 Å². The molecule has 2 N–H and O–H groups in total. The normalized spacial score (nSPS) is 20.3. The summed E-state index contributed by atoms with van der Waals surface area (Å²) in [5.41, 5.74) is 9.06. The maximum atomic E-state index is 14.3. The number of ether oxygens (including phenoxy) is 4. The van der Waals surface area contributed by atoms with E-state index in [9.17, 15) is 16.8 Å². The fourth-order valence-electron chi connectivity index (χ4n) is 13.3. The van der Waals surface area contributed by atoms with Gasteiger partial charge >= 0.3 is 12.0 Å². The first kappa shape index (κ1) is 60.4. The van der Waals surface area contributed by atoms with Crippen LogP contribution in [0.5, 0.6) is 23.5 Å². The number of aromatic nitrogens is 4. The van der Waals surface area contributed by atoms with Crippen molar-refractivity contribution in [1.29, 1.82) is 0 Å². The van der Waals surface area contributed by atoms with Crippen molar-refractivity contribution in [2.45, 2.75) is 165 Å². The van der Waals surface area contributed by atoms with Gasteiger partial charge in [-0.05, 0) is 175 Å². The first-order chi connectivity index (χ1) is 38.7. The number of hydrogen-bond acceptors (Lipinski definition) is 17. The zero-order chi connectivity index (χ0) is 57.7. The summed E-state index contributed by atoms with van der Waals surface area (Å²) >= 11 is 1.80. The Kier molecular flexibility index (Phi) is 18.9. The van der Waals surface area contributed by atoms with E-state index in [2.05, 4.69) is 63.0 Å². The molecule has 2 aromatic carbocycles. The van der Waals surface area contributed by atoms with Crippen LogP contribution in [0.4, 0.5) is 11.6 Å². The van der Waals surface area contributed by atoms with Gasteiger partial charge in [0.15, 0.2) is 0 Å². The fourth-order valence-corrected chi connectivity index (χ4v) is 18.5. The monoisotopic (exact) mass is 1170 g/mol. The quantitative estimate of drug-likeness (QED) is 0.0642. The van der Waals surface area contributed by atoms with Crippen molar-refractivity contribution in [1.82, 2.24) is 33.4 Å². The van der Waals surface area contributed by atoms with Crippen LogP contribution in [0.25, 0.3) is 0 Å². The Hall–Kier alpha value is -5.16. The number of thiophene rings is 1. The molecule has 2 unspecified atom stereocenters. The zero-order valence-electron chi connectivity index (χ0n) is 49.2. The summed E-state index contributed by atoms with van der Waals surface area (Å²) < 4.78 is 83.9. The second-order valence-electron chi connectivity index (χ2n) is 23.6. The molecule has 4 aliphatic heterocycles. The highest BCUT2D eigenvalue weighted by atomic mass is 32.2. The number of anilines is 2. The lowest BCUT2D eigenvalue weighted by Crippen LogP contribution is -2.66. The fraction of sp³-hybridized carbons (Fsp3) is 0.600. The van der Waals surface area contributed by atoms with Gasteiger partial charge < -0.3 is 34.5 Å². The maximum Gasteiger partial charge on any atom is 0.318 e. The van der Waals surface area contributed by atoms with Crippen molar-refractivity contribution >= 4 is 43.0 Å². The molecule has 0 aliphatic carbocycles. The lowest BCUT2D eigenvalue weighted by atomic mass is 9.71. The number of nitrogens with zero attached hydrogens (tertiary/aromatic N) is 9. The first-order valence-electron chi connectivity index (χ1n) is 29.1. The minimum absolute atomic E-state index is 0.00806. The van der Waals surface area contributed by atoms with Gasteiger partial charge in [-0.15, -0.1) is 11.3 Å². The summed E-state index contributed by atoms with van der Waals surface area (Å²) in [4.78, 5) is 28.2. The number of methoxy groups -OCH3 is 2. The van der Waals surface area contributed by atoms with Gasteiger partial charge in [0, 0.05) is 63.1 Å². The molecular formula is C60H86N10O8S3. The van der Waals surface area contributed by atoms with Gasteiger partial charge in [-0.3, -0.25) is 4.90 Å². The van der Waals surface area contributed by atoms with Gasteiger partial charge in [0.05, 0.1) is 47.3 Å². The van der Waals surface area contributed by atoms with Crippen LogP contribution in [0.15, 0.2) is 76.1 Å². The van der Waals surface area contributed by atoms with Crippen LogP contribution in [0.3, 0.4) is 0 Å². The van der Waals surface area contributed by atoms with Crippen LogP contribution < -0.4 is 34.5 Å². The van der Waals surface area contributed by atoms with Crippen molar-refractivity contribution in [3.8, 4) is 23.5 Å². The third-order valence-corrected chi connectivity index (χ3v) is 23.1. The smallest absolute Gasteiger partial charge is 0.318 e. The van der Waals surface area contributed by atoms with E-state index in [1.54, 1.807) is 70.8 Å². The van der Waals surface area contributed by atoms with Gasteiger partial charge in [-0.1, -0.05) is 38.7 Å². The molecular weight excluding hydrogens is 1080 g/mol. The number of piperidine rings is 4. The molecule has 2 atom stereocenters. The summed E-state index contributed by atoms with van der Waals surface area (Å²) in [6.45, 7) is 19.0. The van der Waals surface area contributed by atoms with E-state index in [1.165, 1.54) is 4.88 Å². The topological polar surface area (TPSA) is 199 Å². The molecule has 0 saturated carbocycles. The van der Waals surface area contributed by atoms with Crippen LogP contribution in [0, 0.1) is 33.1 Å². The molecule has 5 aromatic rings. The van der Waals surface area contributed by atoms with Crippen molar-refractivity contribution in [2.24, 2.45) is 11.1 Å². The van der Waals surface area contributed by atoms with Crippen LogP contribution in [0.1, 0.15) is 131 Å². The highest BCUT2D eigenvalue weighted by Crippen LogP contribution is 2.49. The van der Waals surface area contributed by atoms with Gasteiger partial charge in [0.1, 0.15) is 36.3 Å².